The Balaban J connectivity index is 2.57. The van der Waals surface area contributed by atoms with Crippen LogP contribution in [0.25, 0.3) is 0 Å². The van der Waals surface area contributed by atoms with Crippen LogP contribution in [0.3, 0.4) is 0 Å². The monoisotopic (exact) mass is 301 g/mol. The van der Waals surface area contributed by atoms with E-state index in [9.17, 15) is 27.6 Å². The van der Waals surface area contributed by atoms with Crippen LogP contribution in [0.4, 0.5) is 18.9 Å². The quantitative estimate of drug-likeness (QED) is 0.851. The number of anilines is 1. The van der Waals surface area contributed by atoms with Crippen molar-refractivity contribution in [2.24, 2.45) is 0 Å². The molecule has 1 aliphatic heterocycles. The first kappa shape index (κ1) is 15.0. The zero-order valence-corrected chi connectivity index (χ0v) is 10.6. The van der Waals surface area contributed by atoms with Gasteiger partial charge < -0.3 is 5.11 Å². The van der Waals surface area contributed by atoms with E-state index >= 15 is 0 Å². The summed E-state index contributed by atoms with van der Waals surface area (Å²) in [6.07, 6.45) is -4.38. The highest BCUT2D eigenvalue weighted by molar-refractivity contribution is 6.16. The summed E-state index contributed by atoms with van der Waals surface area (Å²) in [5.41, 5.74) is -2.22. The molecule has 0 bridgehead atoms. The zero-order valence-electron chi connectivity index (χ0n) is 10.6. The largest absolute Gasteiger partial charge is 0.478 e. The molecule has 1 aliphatic rings. The Morgan fingerprint density at radius 3 is 2.14 bits per heavy atom. The molecular weight excluding hydrogens is 291 g/mol. The predicted octanol–water partition coefficient (Wildman–Crippen LogP) is 2.45. The number of carboxylic acids is 1. The minimum atomic E-state index is -4.78. The number of rotatable bonds is 2. The predicted molar refractivity (Wildman–Crippen MR) is 64.7 cm³/mol. The van der Waals surface area contributed by atoms with Crippen molar-refractivity contribution in [3.63, 3.8) is 0 Å². The Morgan fingerprint density at radius 1 is 1.10 bits per heavy atom. The van der Waals surface area contributed by atoms with Crippen molar-refractivity contribution in [2.45, 2.75) is 25.4 Å². The van der Waals surface area contributed by atoms with Gasteiger partial charge in [0.15, 0.2) is 0 Å². The molecule has 0 aromatic heterocycles. The molecule has 0 spiro atoms. The van der Waals surface area contributed by atoms with E-state index in [1.54, 1.807) is 0 Å². The van der Waals surface area contributed by atoms with Crippen LogP contribution in [0, 0.1) is 0 Å². The molecule has 2 amide bonds. The van der Waals surface area contributed by atoms with Gasteiger partial charge in [0.25, 0.3) is 0 Å². The molecule has 0 atom stereocenters. The van der Waals surface area contributed by atoms with Crippen LogP contribution < -0.4 is 4.90 Å². The zero-order chi connectivity index (χ0) is 15.8. The molecule has 8 heteroatoms. The lowest BCUT2D eigenvalue weighted by Crippen LogP contribution is -2.40. The summed E-state index contributed by atoms with van der Waals surface area (Å²) in [4.78, 5) is 35.0. The van der Waals surface area contributed by atoms with Crippen molar-refractivity contribution >= 4 is 23.5 Å². The second kappa shape index (κ2) is 5.19. The molecule has 1 saturated heterocycles. The number of piperidine rings is 1. The maximum Gasteiger partial charge on any atom is 0.416 e. The minimum absolute atomic E-state index is 0.0321. The van der Waals surface area contributed by atoms with Gasteiger partial charge in [-0.25, -0.2) is 4.79 Å². The summed E-state index contributed by atoms with van der Waals surface area (Å²) in [5, 5.41) is 8.87. The van der Waals surface area contributed by atoms with Gasteiger partial charge >= 0.3 is 12.1 Å². The Labute approximate surface area is 117 Å². The van der Waals surface area contributed by atoms with Crippen molar-refractivity contribution in [2.75, 3.05) is 4.90 Å². The van der Waals surface area contributed by atoms with E-state index in [1.165, 1.54) is 0 Å². The molecule has 1 fully saturated rings. The fraction of sp³-hybridized carbons (Fsp3) is 0.308. The molecule has 2 rings (SSSR count). The number of carbonyl (C=O) groups is 3. The minimum Gasteiger partial charge on any atom is -0.478 e. The Kier molecular flexibility index (Phi) is 3.71. The molecule has 1 aromatic rings. The maximum absolute atomic E-state index is 12.8. The first-order chi connectivity index (χ1) is 9.70. The van der Waals surface area contributed by atoms with Gasteiger partial charge in [-0.15, -0.1) is 0 Å². The van der Waals surface area contributed by atoms with E-state index < -0.39 is 35.1 Å². The first-order valence-corrected chi connectivity index (χ1v) is 6.01. The van der Waals surface area contributed by atoms with Crippen LogP contribution in [0.2, 0.25) is 0 Å². The van der Waals surface area contributed by atoms with E-state index in [0.717, 1.165) is 6.07 Å². The van der Waals surface area contributed by atoms with Crippen molar-refractivity contribution < 1.29 is 32.7 Å². The molecule has 0 aliphatic carbocycles. The number of alkyl halides is 3. The Hall–Kier alpha value is -2.38. The van der Waals surface area contributed by atoms with E-state index in [0.29, 0.717) is 23.5 Å². The lowest BCUT2D eigenvalue weighted by Gasteiger charge is -2.25. The lowest BCUT2D eigenvalue weighted by atomic mass is 10.0. The third kappa shape index (κ3) is 3.04. The van der Waals surface area contributed by atoms with Crippen LogP contribution >= 0.6 is 0 Å². The smallest absolute Gasteiger partial charge is 0.416 e. The number of hydrogen-bond donors (Lipinski definition) is 1. The topological polar surface area (TPSA) is 74.7 Å². The molecule has 0 unspecified atom stereocenters. The molecule has 0 saturated carbocycles. The van der Waals surface area contributed by atoms with E-state index in [2.05, 4.69) is 0 Å². The molecule has 0 radical (unpaired) electrons. The first-order valence-electron chi connectivity index (χ1n) is 6.01. The molecule has 112 valence electrons. The number of carboxylic acid groups (broad SMARTS) is 1. The fourth-order valence-corrected chi connectivity index (χ4v) is 2.07. The molecule has 21 heavy (non-hydrogen) atoms. The van der Waals surface area contributed by atoms with E-state index in [-0.39, 0.29) is 18.5 Å². The normalized spacial score (nSPS) is 16.2. The number of imide groups is 1. The third-order valence-electron chi connectivity index (χ3n) is 3.03. The molecular formula is C13H10F3NO4. The van der Waals surface area contributed by atoms with Gasteiger partial charge in [-0.1, -0.05) is 0 Å². The number of halogens is 3. The average molecular weight is 301 g/mol. The fourth-order valence-electron chi connectivity index (χ4n) is 2.07. The molecule has 5 nitrogen and oxygen atoms in total. The highest BCUT2D eigenvalue weighted by atomic mass is 19.4. The van der Waals surface area contributed by atoms with E-state index in [4.69, 9.17) is 5.11 Å². The van der Waals surface area contributed by atoms with Crippen molar-refractivity contribution in [1.29, 1.82) is 0 Å². The standard InChI is InChI=1S/C13H10F3NO4/c14-13(15,16)8-4-7(12(20)21)5-9(6-8)17-10(18)2-1-3-11(17)19/h4-6H,1-3H2,(H,20,21). The van der Waals surface area contributed by atoms with Crippen LogP contribution in [-0.2, 0) is 15.8 Å². The third-order valence-corrected chi connectivity index (χ3v) is 3.03. The van der Waals surface area contributed by atoms with Crippen LogP contribution in [0.1, 0.15) is 35.2 Å². The van der Waals surface area contributed by atoms with E-state index in [1.807, 2.05) is 0 Å². The van der Waals surface area contributed by atoms with Crippen LogP contribution in [0.5, 0.6) is 0 Å². The van der Waals surface area contributed by atoms with Gasteiger partial charge in [-0.3, -0.25) is 14.5 Å². The highest BCUT2D eigenvalue weighted by Crippen LogP contribution is 2.34. The summed E-state index contributed by atoms with van der Waals surface area (Å²) in [7, 11) is 0. The summed E-state index contributed by atoms with van der Waals surface area (Å²) < 4.78 is 38.4. The second-order valence-corrected chi connectivity index (χ2v) is 4.55. The Morgan fingerprint density at radius 2 is 1.67 bits per heavy atom. The maximum atomic E-state index is 12.8. The van der Waals surface area contributed by atoms with Crippen LogP contribution in [0.15, 0.2) is 18.2 Å². The summed E-state index contributed by atoms with van der Waals surface area (Å²) in [5.74, 6) is -2.84. The molecule has 1 aromatic carbocycles. The lowest BCUT2D eigenvalue weighted by molar-refractivity contribution is -0.138. The number of amides is 2. The number of aromatic carboxylic acids is 1. The van der Waals surface area contributed by atoms with Gasteiger partial charge in [0.05, 0.1) is 16.8 Å². The molecule has 1 N–H and O–H groups in total. The number of nitrogens with zero attached hydrogens (tertiary/aromatic N) is 1. The number of carbonyl (C=O) groups excluding carboxylic acids is 2. The van der Waals surface area contributed by atoms with Gasteiger partial charge in [0.1, 0.15) is 0 Å². The van der Waals surface area contributed by atoms with Crippen LogP contribution in [-0.4, -0.2) is 22.9 Å². The van der Waals surface area contributed by atoms with Crippen molar-refractivity contribution in [1.82, 2.24) is 0 Å². The van der Waals surface area contributed by atoms with Crippen molar-refractivity contribution in [3.8, 4) is 0 Å². The number of hydrogen-bond acceptors (Lipinski definition) is 3. The SMILES string of the molecule is O=C(O)c1cc(N2C(=O)CCCC2=O)cc(C(F)(F)F)c1. The average Bonchev–Trinajstić information content (AvgIpc) is 2.37. The van der Waals surface area contributed by atoms with Gasteiger partial charge in [-0.2, -0.15) is 13.2 Å². The van der Waals surface area contributed by atoms with Crippen molar-refractivity contribution in [3.05, 3.63) is 29.3 Å². The van der Waals surface area contributed by atoms with Gasteiger partial charge in [0, 0.05) is 12.8 Å². The summed E-state index contributed by atoms with van der Waals surface area (Å²) >= 11 is 0. The van der Waals surface area contributed by atoms with Gasteiger partial charge in [0.2, 0.25) is 11.8 Å². The Bertz CT molecular complexity index is 608. The summed E-state index contributed by atoms with van der Waals surface area (Å²) in [6, 6.07) is 1.96. The molecule has 1 heterocycles. The summed E-state index contributed by atoms with van der Waals surface area (Å²) in [6.45, 7) is 0. The number of benzene rings is 1. The van der Waals surface area contributed by atoms with Gasteiger partial charge in [-0.05, 0) is 24.6 Å². The highest BCUT2D eigenvalue weighted by Gasteiger charge is 2.34. The second-order valence-electron chi connectivity index (χ2n) is 4.55.